The van der Waals surface area contributed by atoms with Crippen LogP contribution in [0.3, 0.4) is 0 Å². The summed E-state index contributed by atoms with van der Waals surface area (Å²) in [5, 5.41) is 13.3. The van der Waals surface area contributed by atoms with Crippen molar-refractivity contribution in [2.45, 2.75) is 64.0 Å². The third-order valence-corrected chi connectivity index (χ3v) is 3.95. The molecule has 1 rings (SSSR count). The van der Waals surface area contributed by atoms with Crippen LogP contribution < -0.4 is 5.32 Å². The van der Waals surface area contributed by atoms with Gasteiger partial charge in [-0.2, -0.15) is 0 Å². The number of rotatable bonds is 7. The fourth-order valence-corrected chi connectivity index (χ4v) is 2.53. The zero-order valence-electron chi connectivity index (χ0n) is 12.0. The minimum atomic E-state index is -0.577. The molecule has 2 N–H and O–H groups in total. The number of unbranched alkanes of at least 4 members (excludes halogenated alkanes) is 1. The molecule has 0 aliphatic heterocycles. The fraction of sp³-hybridized carbons (Fsp3) is 0.929. The molecule has 1 amide bonds. The molecule has 0 radical (unpaired) electrons. The molecule has 106 valence electrons. The molecule has 0 aromatic rings. The standard InChI is InChI=1S/C14H28N2O2/c1-4-5-10-15-13(17)12(2)16(3)11-14(18)8-6-7-9-14/h12,18H,4-11H2,1-3H3,(H,15,17). The quantitative estimate of drug-likeness (QED) is 0.679. The zero-order valence-corrected chi connectivity index (χ0v) is 12.0. The highest BCUT2D eigenvalue weighted by atomic mass is 16.3. The van der Waals surface area contributed by atoms with Gasteiger partial charge in [0.15, 0.2) is 0 Å². The average Bonchev–Trinajstić information content (AvgIpc) is 2.74. The molecular formula is C14H28N2O2. The molecule has 1 fully saturated rings. The lowest BCUT2D eigenvalue weighted by molar-refractivity contribution is -0.126. The number of nitrogens with one attached hydrogen (secondary N) is 1. The number of amides is 1. The highest BCUT2D eigenvalue weighted by molar-refractivity contribution is 5.81. The van der Waals surface area contributed by atoms with Crippen LogP contribution in [0.15, 0.2) is 0 Å². The van der Waals surface area contributed by atoms with Crippen LogP contribution in [-0.4, -0.2) is 47.7 Å². The predicted octanol–water partition coefficient (Wildman–Crippen LogP) is 1.53. The first-order valence-electron chi connectivity index (χ1n) is 7.19. The summed E-state index contributed by atoms with van der Waals surface area (Å²) in [4.78, 5) is 13.9. The lowest BCUT2D eigenvalue weighted by atomic mass is 10.0. The Balaban J connectivity index is 2.35. The summed E-state index contributed by atoms with van der Waals surface area (Å²) >= 11 is 0. The molecule has 0 saturated heterocycles. The summed E-state index contributed by atoms with van der Waals surface area (Å²) in [6, 6.07) is -0.175. The van der Waals surface area contributed by atoms with Crippen molar-refractivity contribution in [3.05, 3.63) is 0 Å². The van der Waals surface area contributed by atoms with Gasteiger partial charge in [0, 0.05) is 13.1 Å². The minimum Gasteiger partial charge on any atom is -0.389 e. The van der Waals surface area contributed by atoms with Gasteiger partial charge < -0.3 is 10.4 Å². The summed E-state index contributed by atoms with van der Waals surface area (Å²) in [5.41, 5.74) is -0.577. The first-order chi connectivity index (χ1) is 8.48. The highest BCUT2D eigenvalue weighted by Gasteiger charge is 2.34. The number of aliphatic hydroxyl groups is 1. The van der Waals surface area contributed by atoms with Crippen LogP contribution >= 0.6 is 0 Å². The summed E-state index contributed by atoms with van der Waals surface area (Å²) < 4.78 is 0. The lowest BCUT2D eigenvalue weighted by Gasteiger charge is -2.31. The SMILES string of the molecule is CCCCNC(=O)C(C)N(C)CC1(O)CCCC1. The van der Waals surface area contributed by atoms with Crippen LogP contribution in [0.25, 0.3) is 0 Å². The molecule has 0 spiro atoms. The predicted molar refractivity (Wildman–Crippen MR) is 73.4 cm³/mol. The van der Waals surface area contributed by atoms with E-state index in [0.29, 0.717) is 6.54 Å². The van der Waals surface area contributed by atoms with Gasteiger partial charge >= 0.3 is 0 Å². The van der Waals surface area contributed by atoms with Crippen molar-refractivity contribution in [1.82, 2.24) is 10.2 Å². The average molecular weight is 256 g/mol. The summed E-state index contributed by atoms with van der Waals surface area (Å²) in [7, 11) is 1.92. The van der Waals surface area contributed by atoms with Gasteiger partial charge in [-0.05, 0) is 33.2 Å². The van der Waals surface area contributed by atoms with E-state index in [1.807, 2.05) is 18.9 Å². The number of nitrogens with zero attached hydrogens (tertiary/aromatic N) is 1. The number of hydrogen-bond acceptors (Lipinski definition) is 3. The van der Waals surface area contributed by atoms with Crippen LogP contribution in [0.4, 0.5) is 0 Å². The van der Waals surface area contributed by atoms with E-state index in [1.54, 1.807) is 0 Å². The highest BCUT2D eigenvalue weighted by Crippen LogP contribution is 2.30. The first kappa shape index (κ1) is 15.4. The Labute approximate surface area is 111 Å². The fourth-order valence-electron chi connectivity index (χ4n) is 2.53. The summed E-state index contributed by atoms with van der Waals surface area (Å²) in [6.07, 6.45) is 6.03. The maximum atomic E-state index is 11.9. The summed E-state index contributed by atoms with van der Waals surface area (Å²) in [5.74, 6) is 0.0625. The molecule has 4 nitrogen and oxygen atoms in total. The van der Waals surface area contributed by atoms with Crippen LogP contribution in [0.2, 0.25) is 0 Å². The second-order valence-corrected chi connectivity index (χ2v) is 5.67. The van der Waals surface area contributed by atoms with Crippen molar-refractivity contribution in [2.75, 3.05) is 20.1 Å². The molecule has 1 unspecified atom stereocenters. The number of likely N-dealkylation sites (N-methyl/N-ethyl adjacent to an activating group) is 1. The van der Waals surface area contributed by atoms with Crippen molar-refractivity contribution in [1.29, 1.82) is 0 Å². The van der Waals surface area contributed by atoms with E-state index in [0.717, 1.165) is 45.1 Å². The molecule has 18 heavy (non-hydrogen) atoms. The Morgan fingerprint density at radius 2 is 2.06 bits per heavy atom. The molecule has 0 aromatic heterocycles. The normalized spacial score (nSPS) is 20.1. The van der Waals surface area contributed by atoms with E-state index in [4.69, 9.17) is 0 Å². The van der Waals surface area contributed by atoms with Crippen molar-refractivity contribution in [3.8, 4) is 0 Å². The van der Waals surface area contributed by atoms with E-state index >= 15 is 0 Å². The van der Waals surface area contributed by atoms with E-state index in [2.05, 4.69) is 12.2 Å². The lowest BCUT2D eigenvalue weighted by Crippen LogP contribution is -2.49. The van der Waals surface area contributed by atoms with Gasteiger partial charge in [0.25, 0.3) is 0 Å². The molecular weight excluding hydrogens is 228 g/mol. The Hall–Kier alpha value is -0.610. The molecule has 0 aromatic carbocycles. The van der Waals surface area contributed by atoms with Gasteiger partial charge in [-0.1, -0.05) is 26.2 Å². The van der Waals surface area contributed by atoms with Crippen molar-refractivity contribution >= 4 is 5.91 Å². The first-order valence-corrected chi connectivity index (χ1v) is 7.19. The third-order valence-electron chi connectivity index (χ3n) is 3.95. The van der Waals surface area contributed by atoms with E-state index < -0.39 is 5.60 Å². The van der Waals surface area contributed by atoms with Crippen molar-refractivity contribution in [3.63, 3.8) is 0 Å². The number of hydrogen-bond donors (Lipinski definition) is 2. The monoisotopic (exact) mass is 256 g/mol. The number of carbonyl (C=O) groups excluding carboxylic acids is 1. The zero-order chi connectivity index (χ0) is 13.6. The third kappa shape index (κ3) is 4.58. The van der Waals surface area contributed by atoms with Gasteiger partial charge in [0.05, 0.1) is 11.6 Å². The van der Waals surface area contributed by atoms with Crippen molar-refractivity contribution in [2.24, 2.45) is 0 Å². The Kier molecular flexibility index (Phi) is 6.09. The van der Waals surface area contributed by atoms with Gasteiger partial charge in [-0.15, -0.1) is 0 Å². The van der Waals surface area contributed by atoms with Crippen LogP contribution in [0.5, 0.6) is 0 Å². The topological polar surface area (TPSA) is 52.6 Å². The van der Waals surface area contributed by atoms with E-state index in [9.17, 15) is 9.90 Å². The molecule has 1 aliphatic carbocycles. The molecule has 1 aliphatic rings. The van der Waals surface area contributed by atoms with Gasteiger partial charge in [-0.3, -0.25) is 9.69 Å². The Morgan fingerprint density at radius 1 is 1.44 bits per heavy atom. The van der Waals surface area contributed by atoms with Crippen LogP contribution in [0.1, 0.15) is 52.4 Å². The Morgan fingerprint density at radius 3 is 2.61 bits per heavy atom. The molecule has 4 heteroatoms. The molecule has 1 saturated carbocycles. The van der Waals surface area contributed by atoms with E-state index in [1.165, 1.54) is 0 Å². The van der Waals surface area contributed by atoms with E-state index in [-0.39, 0.29) is 11.9 Å². The molecule has 0 bridgehead atoms. The Bertz CT molecular complexity index is 263. The maximum Gasteiger partial charge on any atom is 0.237 e. The molecule has 1 atom stereocenters. The van der Waals surface area contributed by atoms with Gasteiger partial charge in [-0.25, -0.2) is 0 Å². The van der Waals surface area contributed by atoms with Gasteiger partial charge in [0.2, 0.25) is 5.91 Å². The maximum absolute atomic E-state index is 11.9. The minimum absolute atomic E-state index is 0.0625. The summed E-state index contributed by atoms with van der Waals surface area (Å²) in [6.45, 7) is 5.35. The smallest absolute Gasteiger partial charge is 0.237 e. The second-order valence-electron chi connectivity index (χ2n) is 5.67. The van der Waals surface area contributed by atoms with Crippen molar-refractivity contribution < 1.29 is 9.90 Å². The second kappa shape index (κ2) is 7.10. The number of carbonyl (C=O) groups is 1. The molecule has 0 heterocycles. The van der Waals surface area contributed by atoms with Crippen LogP contribution in [-0.2, 0) is 4.79 Å². The largest absolute Gasteiger partial charge is 0.389 e. The van der Waals surface area contributed by atoms with Gasteiger partial charge in [0.1, 0.15) is 0 Å². The van der Waals surface area contributed by atoms with Crippen LogP contribution in [0, 0.1) is 0 Å².